The van der Waals surface area contributed by atoms with Gasteiger partial charge in [0, 0.05) is 12.8 Å². The molecule has 146 valence electrons. The third-order valence-electron chi connectivity index (χ3n) is 5.43. The van der Waals surface area contributed by atoms with E-state index >= 15 is 0 Å². The van der Waals surface area contributed by atoms with Crippen molar-refractivity contribution in [1.29, 1.82) is 0 Å². The van der Waals surface area contributed by atoms with E-state index in [2.05, 4.69) is 33.3 Å². The highest BCUT2D eigenvalue weighted by Crippen LogP contribution is 2.23. The van der Waals surface area contributed by atoms with Crippen molar-refractivity contribution in [2.75, 3.05) is 27.7 Å². The van der Waals surface area contributed by atoms with E-state index in [-0.39, 0.29) is 0 Å². The van der Waals surface area contributed by atoms with E-state index in [0.717, 1.165) is 36.1 Å². The van der Waals surface area contributed by atoms with Crippen LogP contribution in [-0.2, 0) is 4.79 Å². The molecular formula is C23H44NO+. The molecule has 0 unspecified atom stereocenters. The number of ketones is 1. The number of unbranched alkanes of at least 4 members (excludes halogenated alkanes) is 8. The number of carbonyl (C=O) groups is 1. The van der Waals surface area contributed by atoms with Gasteiger partial charge in [-0.05, 0) is 44.4 Å². The van der Waals surface area contributed by atoms with E-state index in [9.17, 15) is 4.79 Å². The summed E-state index contributed by atoms with van der Waals surface area (Å²) in [5.74, 6) is 1.38. The summed E-state index contributed by atoms with van der Waals surface area (Å²) in [6.07, 6.45) is 23.4. The van der Waals surface area contributed by atoms with Crippen LogP contribution in [0.3, 0.4) is 0 Å². The van der Waals surface area contributed by atoms with Gasteiger partial charge in [-0.2, -0.15) is 0 Å². The van der Waals surface area contributed by atoms with Gasteiger partial charge in [-0.15, -0.1) is 0 Å². The van der Waals surface area contributed by atoms with Crippen molar-refractivity contribution in [2.24, 2.45) is 5.92 Å². The first-order valence-corrected chi connectivity index (χ1v) is 11.0. The Morgan fingerprint density at radius 2 is 1.40 bits per heavy atom. The predicted octanol–water partition coefficient (Wildman–Crippen LogP) is 6.30. The van der Waals surface area contributed by atoms with Crippen molar-refractivity contribution in [2.45, 2.75) is 96.3 Å². The molecule has 0 amide bonds. The Labute approximate surface area is 157 Å². The summed E-state index contributed by atoms with van der Waals surface area (Å²) in [7, 11) is 6.65. The van der Waals surface area contributed by atoms with Crippen molar-refractivity contribution in [3.8, 4) is 0 Å². The molecule has 1 aliphatic carbocycles. The molecule has 0 heterocycles. The van der Waals surface area contributed by atoms with Crippen LogP contribution >= 0.6 is 0 Å². The van der Waals surface area contributed by atoms with Crippen molar-refractivity contribution >= 4 is 5.78 Å². The Balaban J connectivity index is 1.77. The zero-order valence-electron chi connectivity index (χ0n) is 17.4. The van der Waals surface area contributed by atoms with Gasteiger partial charge in [-0.3, -0.25) is 4.79 Å². The molecule has 1 rings (SSSR count). The van der Waals surface area contributed by atoms with Crippen LogP contribution in [0.25, 0.3) is 0 Å². The largest absolute Gasteiger partial charge is 0.331 e. The lowest BCUT2D eigenvalue weighted by Crippen LogP contribution is -2.35. The molecule has 0 aliphatic heterocycles. The lowest BCUT2D eigenvalue weighted by Gasteiger charge is -2.23. The number of Topliss-reactive ketones (excluding diaryl/α,β-unsaturated/α-hetero) is 1. The van der Waals surface area contributed by atoms with E-state index in [0.29, 0.717) is 5.78 Å². The minimum Gasteiger partial charge on any atom is -0.331 e. The van der Waals surface area contributed by atoms with Gasteiger partial charge in [0.25, 0.3) is 0 Å². The zero-order valence-corrected chi connectivity index (χ0v) is 17.4. The van der Waals surface area contributed by atoms with Crippen LogP contribution in [0.1, 0.15) is 96.3 Å². The van der Waals surface area contributed by atoms with E-state index < -0.39 is 0 Å². The van der Waals surface area contributed by atoms with Crippen LogP contribution < -0.4 is 0 Å². The number of quaternary nitrogens is 1. The summed E-state index contributed by atoms with van der Waals surface area (Å²) in [5, 5.41) is 0. The maximum absolute atomic E-state index is 11.9. The molecule has 25 heavy (non-hydrogen) atoms. The summed E-state index contributed by atoms with van der Waals surface area (Å²) in [6, 6.07) is 0. The Kier molecular flexibility index (Phi) is 12.2. The molecule has 0 radical (unpaired) electrons. The van der Waals surface area contributed by atoms with Crippen LogP contribution in [0, 0.1) is 5.92 Å². The van der Waals surface area contributed by atoms with Gasteiger partial charge < -0.3 is 4.48 Å². The minimum absolute atomic E-state index is 0.488. The fourth-order valence-electron chi connectivity index (χ4n) is 3.76. The average molecular weight is 351 g/mol. The third kappa shape index (κ3) is 14.2. The van der Waals surface area contributed by atoms with Gasteiger partial charge >= 0.3 is 0 Å². The molecule has 0 bridgehead atoms. The molecule has 2 heteroatoms. The predicted molar refractivity (Wildman–Crippen MR) is 110 cm³/mol. The number of carbonyl (C=O) groups excluding carboxylic acids is 1. The molecule has 0 N–H and O–H groups in total. The van der Waals surface area contributed by atoms with Crippen LogP contribution in [0.15, 0.2) is 12.2 Å². The monoisotopic (exact) mass is 350 g/mol. The quantitative estimate of drug-likeness (QED) is 0.181. The lowest BCUT2D eigenvalue weighted by molar-refractivity contribution is -0.870. The number of allylic oxidation sites excluding steroid dienone is 2. The van der Waals surface area contributed by atoms with Gasteiger partial charge in [-0.25, -0.2) is 0 Å². The Morgan fingerprint density at radius 3 is 1.96 bits per heavy atom. The maximum atomic E-state index is 11.9. The number of hydrogen-bond acceptors (Lipinski definition) is 1. The number of nitrogens with zero attached hydrogens (tertiary/aromatic N) is 1. The van der Waals surface area contributed by atoms with Crippen LogP contribution in [0.2, 0.25) is 0 Å². The lowest BCUT2D eigenvalue weighted by atomic mass is 9.99. The van der Waals surface area contributed by atoms with Gasteiger partial charge in [0.15, 0.2) is 0 Å². The summed E-state index contributed by atoms with van der Waals surface area (Å²) in [5.41, 5.74) is 0. The second kappa shape index (κ2) is 13.6. The van der Waals surface area contributed by atoms with Gasteiger partial charge in [0.2, 0.25) is 0 Å². The molecule has 0 fully saturated rings. The first-order valence-electron chi connectivity index (χ1n) is 11.0. The molecule has 0 spiro atoms. The molecule has 2 nitrogen and oxygen atoms in total. The van der Waals surface area contributed by atoms with Crippen LogP contribution in [-0.4, -0.2) is 38.0 Å². The van der Waals surface area contributed by atoms with Crippen molar-refractivity contribution in [3.05, 3.63) is 12.2 Å². The smallest absolute Gasteiger partial charge is 0.132 e. The molecule has 0 aromatic rings. The average Bonchev–Trinajstić information content (AvgIpc) is 3.06. The highest BCUT2D eigenvalue weighted by atomic mass is 16.1. The summed E-state index contributed by atoms with van der Waals surface area (Å²) in [4.78, 5) is 11.9. The fourth-order valence-corrected chi connectivity index (χ4v) is 3.76. The topological polar surface area (TPSA) is 17.1 Å². The molecule has 0 aromatic carbocycles. The van der Waals surface area contributed by atoms with Crippen molar-refractivity contribution in [1.82, 2.24) is 0 Å². The van der Waals surface area contributed by atoms with E-state index in [1.54, 1.807) is 0 Å². The normalized spacial score (nSPS) is 17.3. The molecular weight excluding hydrogens is 306 g/mol. The Hall–Kier alpha value is -0.630. The number of rotatable bonds is 16. The standard InChI is InChI=1S/C23H44NO/c1-24(2,3)21-15-14-20-23(25)19-11-9-7-5-4-6-8-10-16-22-17-12-13-18-22/h12,17,22H,4-11,13-16,18-21H2,1-3H3/q+1/t22-/m0/s1. The van der Waals surface area contributed by atoms with E-state index in [1.165, 1.54) is 77.2 Å². The summed E-state index contributed by atoms with van der Waals surface area (Å²) < 4.78 is 1.01. The third-order valence-corrected chi connectivity index (χ3v) is 5.43. The molecule has 0 saturated heterocycles. The fraction of sp³-hybridized carbons (Fsp3) is 0.870. The molecule has 0 aromatic heterocycles. The first kappa shape index (κ1) is 22.4. The van der Waals surface area contributed by atoms with Gasteiger partial charge in [0.05, 0.1) is 27.7 Å². The van der Waals surface area contributed by atoms with E-state index in [4.69, 9.17) is 0 Å². The second-order valence-corrected chi connectivity index (χ2v) is 9.14. The first-order chi connectivity index (χ1) is 12.0. The van der Waals surface area contributed by atoms with E-state index in [1.807, 2.05) is 0 Å². The zero-order chi connectivity index (χ0) is 18.4. The highest BCUT2D eigenvalue weighted by molar-refractivity contribution is 5.78. The molecule has 0 saturated carbocycles. The van der Waals surface area contributed by atoms with Crippen molar-refractivity contribution < 1.29 is 9.28 Å². The second-order valence-electron chi connectivity index (χ2n) is 9.14. The maximum Gasteiger partial charge on any atom is 0.132 e. The summed E-state index contributed by atoms with van der Waals surface area (Å²) >= 11 is 0. The molecule has 1 aliphatic rings. The van der Waals surface area contributed by atoms with Crippen LogP contribution in [0.4, 0.5) is 0 Å². The Bertz CT molecular complexity index is 367. The van der Waals surface area contributed by atoms with Crippen LogP contribution in [0.5, 0.6) is 0 Å². The number of hydrogen-bond donors (Lipinski definition) is 0. The van der Waals surface area contributed by atoms with Crippen molar-refractivity contribution in [3.63, 3.8) is 0 Å². The Morgan fingerprint density at radius 1 is 0.840 bits per heavy atom. The highest BCUT2D eigenvalue weighted by Gasteiger charge is 2.08. The minimum atomic E-state index is 0.488. The SMILES string of the molecule is C[N+](C)(C)CCCCC(=O)CCCCCCCCCC[C@H]1C=CCC1. The van der Waals surface area contributed by atoms with Gasteiger partial charge in [-0.1, -0.05) is 57.1 Å². The summed E-state index contributed by atoms with van der Waals surface area (Å²) in [6.45, 7) is 1.17. The molecule has 1 atom stereocenters. The van der Waals surface area contributed by atoms with Gasteiger partial charge in [0.1, 0.15) is 5.78 Å².